The van der Waals surface area contributed by atoms with Crippen LogP contribution in [0.4, 0.5) is 4.39 Å². The maximum Gasteiger partial charge on any atom is 0.252 e. The summed E-state index contributed by atoms with van der Waals surface area (Å²) in [6.07, 6.45) is 2.73. The van der Waals surface area contributed by atoms with Crippen LogP contribution in [0.3, 0.4) is 0 Å². The van der Waals surface area contributed by atoms with Crippen LogP contribution >= 0.6 is 0 Å². The third-order valence-electron chi connectivity index (χ3n) is 4.96. The highest BCUT2D eigenvalue weighted by atomic mass is 19.1. The molecule has 5 nitrogen and oxygen atoms in total. The summed E-state index contributed by atoms with van der Waals surface area (Å²) in [5.74, 6) is 0.792. The van der Waals surface area contributed by atoms with Crippen LogP contribution in [0.5, 0.6) is 0 Å². The minimum atomic E-state index is -0.280. The normalized spacial score (nSPS) is 16.5. The zero-order valence-electron chi connectivity index (χ0n) is 14.3. The first-order valence-electron chi connectivity index (χ1n) is 8.78. The quantitative estimate of drug-likeness (QED) is 0.546. The van der Waals surface area contributed by atoms with Crippen molar-refractivity contribution in [2.75, 3.05) is 0 Å². The number of carbonyl (C=O) groups is 1. The van der Waals surface area contributed by atoms with Gasteiger partial charge in [-0.05, 0) is 30.0 Å². The third-order valence-corrected chi connectivity index (χ3v) is 4.96. The van der Waals surface area contributed by atoms with Crippen LogP contribution in [0.25, 0.3) is 17.2 Å². The molecular formula is C21H15FN4O. The highest BCUT2D eigenvalue weighted by Gasteiger charge is 2.28. The van der Waals surface area contributed by atoms with Crippen molar-refractivity contribution in [1.82, 2.24) is 19.6 Å². The van der Waals surface area contributed by atoms with Crippen molar-refractivity contribution < 1.29 is 9.18 Å². The van der Waals surface area contributed by atoms with Crippen LogP contribution in [-0.4, -0.2) is 25.4 Å². The number of halogens is 1. The van der Waals surface area contributed by atoms with Gasteiger partial charge in [-0.1, -0.05) is 42.5 Å². The third kappa shape index (κ3) is 2.79. The first kappa shape index (κ1) is 15.8. The molecule has 2 aromatic heterocycles. The molecule has 27 heavy (non-hydrogen) atoms. The molecule has 1 aliphatic carbocycles. The summed E-state index contributed by atoms with van der Waals surface area (Å²) >= 11 is 0. The summed E-state index contributed by atoms with van der Waals surface area (Å²) in [5.41, 5.74) is 3.16. The molecule has 5 rings (SSSR count). The molecule has 0 aliphatic heterocycles. The maximum atomic E-state index is 13.2. The van der Waals surface area contributed by atoms with E-state index in [0.717, 1.165) is 16.8 Å². The average molecular weight is 358 g/mol. The molecule has 0 fully saturated rings. The number of rotatable bonds is 2. The van der Waals surface area contributed by atoms with E-state index >= 15 is 0 Å². The molecule has 132 valence electrons. The summed E-state index contributed by atoms with van der Waals surface area (Å²) in [4.78, 5) is 21.8. The van der Waals surface area contributed by atoms with E-state index in [2.05, 4.69) is 15.1 Å². The molecule has 2 aromatic carbocycles. The highest BCUT2D eigenvalue weighted by Crippen LogP contribution is 2.32. The number of carbonyl (C=O) groups excluding carboxylic acids is 1. The highest BCUT2D eigenvalue weighted by molar-refractivity contribution is 5.98. The lowest BCUT2D eigenvalue weighted by Gasteiger charge is -2.23. The molecule has 2 heterocycles. The lowest BCUT2D eigenvalue weighted by Crippen LogP contribution is -2.21. The van der Waals surface area contributed by atoms with E-state index in [0.29, 0.717) is 30.0 Å². The van der Waals surface area contributed by atoms with Gasteiger partial charge in [0.1, 0.15) is 5.82 Å². The van der Waals surface area contributed by atoms with Gasteiger partial charge < -0.3 is 0 Å². The Labute approximate surface area is 154 Å². The number of ketones is 1. The molecule has 4 aromatic rings. The lowest BCUT2D eigenvalue weighted by molar-refractivity contribution is 0.0962. The molecule has 0 radical (unpaired) electrons. The van der Waals surface area contributed by atoms with E-state index < -0.39 is 0 Å². The Hall–Kier alpha value is -3.41. The molecule has 0 spiro atoms. The van der Waals surface area contributed by atoms with Gasteiger partial charge in [-0.15, -0.1) is 5.10 Å². The van der Waals surface area contributed by atoms with E-state index in [9.17, 15) is 9.18 Å². The topological polar surface area (TPSA) is 60.2 Å². The molecule has 0 saturated heterocycles. The Morgan fingerprint density at radius 2 is 1.74 bits per heavy atom. The van der Waals surface area contributed by atoms with Gasteiger partial charge >= 0.3 is 0 Å². The minimum Gasteiger partial charge on any atom is -0.294 e. The largest absolute Gasteiger partial charge is 0.294 e. The molecule has 0 bridgehead atoms. The molecule has 0 saturated carbocycles. The second kappa shape index (κ2) is 6.09. The lowest BCUT2D eigenvalue weighted by atomic mass is 9.82. The van der Waals surface area contributed by atoms with E-state index in [1.807, 2.05) is 30.3 Å². The van der Waals surface area contributed by atoms with Crippen molar-refractivity contribution in [1.29, 1.82) is 0 Å². The Balaban J connectivity index is 1.55. The Morgan fingerprint density at radius 1 is 0.963 bits per heavy atom. The predicted octanol–water partition coefficient (Wildman–Crippen LogP) is 3.84. The summed E-state index contributed by atoms with van der Waals surface area (Å²) < 4.78 is 14.8. The standard InChI is InChI=1S/C21H15FN4O/c22-16-8-6-13(7-9-16)15-10-18-17(19(27)11-15)12-26-21(23-18)24-20(25-26)14-4-2-1-3-5-14/h1-9,12,15H,10-11H2/t15-/m0/s1. The van der Waals surface area contributed by atoms with Gasteiger partial charge in [-0.3, -0.25) is 4.79 Å². The van der Waals surface area contributed by atoms with Crippen LogP contribution in [0.15, 0.2) is 60.8 Å². The second-order valence-electron chi connectivity index (χ2n) is 6.73. The molecule has 6 heteroatoms. The zero-order valence-corrected chi connectivity index (χ0v) is 14.3. The monoisotopic (exact) mass is 358 g/mol. The van der Waals surface area contributed by atoms with E-state index in [4.69, 9.17) is 0 Å². The van der Waals surface area contributed by atoms with Gasteiger partial charge in [0.05, 0.1) is 11.3 Å². The molecule has 0 N–H and O–H groups in total. The van der Waals surface area contributed by atoms with Gasteiger partial charge in [0, 0.05) is 18.2 Å². The van der Waals surface area contributed by atoms with Gasteiger partial charge in [0.2, 0.25) is 0 Å². The van der Waals surface area contributed by atoms with Gasteiger partial charge in [0.25, 0.3) is 5.78 Å². The van der Waals surface area contributed by atoms with Gasteiger partial charge in [-0.25, -0.2) is 13.9 Å². The zero-order chi connectivity index (χ0) is 18.4. The fourth-order valence-electron chi connectivity index (χ4n) is 3.56. The Morgan fingerprint density at radius 3 is 2.52 bits per heavy atom. The number of nitrogens with zero attached hydrogens (tertiary/aromatic N) is 4. The number of hydrogen-bond acceptors (Lipinski definition) is 4. The second-order valence-corrected chi connectivity index (χ2v) is 6.73. The van der Waals surface area contributed by atoms with Crippen molar-refractivity contribution in [3.63, 3.8) is 0 Å². The predicted molar refractivity (Wildman–Crippen MR) is 98.0 cm³/mol. The maximum absolute atomic E-state index is 13.2. The van der Waals surface area contributed by atoms with Crippen molar-refractivity contribution >= 4 is 11.6 Å². The molecule has 0 amide bonds. The summed E-state index contributed by atoms with van der Waals surface area (Å²) in [5, 5.41) is 4.46. The van der Waals surface area contributed by atoms with Crippen molar-refractivity contribution in [2.45, 2.75) is 18.8 Å². The van der Waals surface area contributed by atoms with E-state index in [1.54, 1.807) is 22.8 Å². The van der Waals surface area contributed by atoms with Crippen LogP contribution in [0.2, 0.25) is 0 Å². The smallest absolute Gasteiger partial charge is 0.252 e. The molecule has 1 atom stereocenters. The molecular weight excluding hydrogens is 343 g/mol. The number of Topliss-reactive ketones (excluding diaryl/α,β-unsaturated/α-hetero) is 1. The Bertz CT molecular complexity index is 1150. The van der Waals surface area contributed by atoms with Crippen molar-refractivity contribution in [3.05, 3.63) is 83.4 Å². The first-order chi connectivity index (χ1) is 13.2. The van der Waals surface area contributed by atoms with Crippen LogP contribution in [0, 0.1) is 5.82 Å². The fourth-order valence-corrected chi connectivity index (χ4v) is 3.56. The van der Waals surface area contributed by atoms with Gasteiger partial charge in [0.15, 0.2) is 11.6 Å². The average Bonchev–Trinajstić information content (AvgIpc) is 3.11. The van der Waals surface area contributed by atoms with Crippen LogP contribution in [-0.2, 0) is 6.42 Å². The Kier molecular flexibility index (Phi) is 3.57. The van der Waals surface area contributed by atoms with E-state index in [-0.39, 0.29) is 17.5 Å². The minimum absolute atomic E-state index is 0.00272. The van der Waals surface area contributed by atoms with Crippen molar-refractivity contribution in [3.8, 4) is 11.4 Å². The number of hydrogen-bond donors (Lipinski definition) is 0. The van der Waals surface area contributed by atoms with Crippen LogP contribution in [0.1, 0.15) is 34.0 Å². The van der Waals surface area contributed by atoms with E-state index in [1.165, 1.54) is 12.1 Å². The first-order valence-corrected chi connectivity index (χ1v) is 8.78. The number of fused-ring (bicyclic) bond motifs is 2. The van der Waals surface area contributed by atoms with Crippen molar-refractivity contribution in [2.24, 2.45) is 0 Å². The summed E-state index contributed by atoms with van der Waals surface area (Å²) in [7, 11) is 0. The molecule has 0 unspecified atom stereocenters. The summed E-state index contributed by atoms with van der Waals surface area (Å²) in [6.45, 7) is 0. The fraction of sp³-hybridized carbons (Fsp3) is 0.143. The summed E-state index contributed by atoms with van der Waals surface area (Å²) in [6, 6.07) is 16.0. The SMILES string of the molecule is O=C1C[C@@H](c2ccc(F)cc2)Cc2nc3nc(-c4ccccc4)nn3cc21. The van der Waals surface area contributed by atoms with Gasteiger partial charge in [-0.2, -0.15) is 4.98 Å². The van der Waals surface area contributed by atoms with Crippen LogP contribution < -0.4 is 0 Å². The molecule has 1 aliphatic rings. The number of benzene rings is 2. The number of aromatic nitrogens is 4.